The molecule has 2 aliphatic carbocycles. The van der Waals surface area contributed by atoms with Gasteiger partial charge in [-0.1, -0.05) is 26.7 Å². The summed E-state index contributed by atoms with van der Waals surface area (Å²) < 4.78 is 5.15. The van der Waals surface area contributed by atoms with Crippen molar-refractivity contribution in [1.29, 1.82) is 0 Å². The van der Waals surface area contributed by atoms with E-state index >= 15 is 0 Å². The van der Waals surface area contributed by atoms with E-state index in [4.69, 9.17) is 10.5 Å². The average Bonchev–Trinajstić information content (AvgIpc) is 3.62. The van der Waals surface area contributed by atoms with E-state index in [9.17, 15) is 24.6 Å². The number of ether oxygens (including phenoxy) is 1. The number of aliphatic hydroxyl groups excluding tert-OH is 2. The Bertz CT molecular complexity index is 637. The predicted molar refractivity (Wildman–Crippen MR) is 133 cm³/mol. The molecule has 0 heterocycles. The van der Waals surface area contributed by atoms with Gasteiger partial charge in [-0.3, -0.25) is 9.59 Å². The number of aliphatic hydroxyl groups is 2. The fourth-order valence-corrected chi connectivity index (χ4v) is 2.98. The summed E-state index contributed by atoms with van der Waals surface area (Å²) in [5.41, 5.74) is 5.00. The number of carbonyl (C=O) groups is 3. The molecule has 2 unspecified atom stereocenters. The first-order valence-corrected chi connectivity index (χ1v) is 12.1. The van der Waals surface area contributed by atoms with Crippen LogP contribution in [-0.4, -0.2) is 70.1 Å². The number of hydrogen-bond donors (Lipinski definition) is 6. The Labute approximate surface area is 209 Å². The fraction of sp³-hybridized carbons (Fsp3) is 0.870. The summed E-state index contributed by atoms with van der Waals surface area (Å²) in [5.74, 6) is -0.745. The third-order valence-electron chi connectivity index (χ3n) is 5.10. The first kappa shape index (κ1) is 32.4. The van der Waals surface area contributed by atoms with Gasteiger partial charge in [0.25, 0.3) is 11.8 Å². The normalized spacial score (nSPS) is 18.6. The number of hydrogen-bond acceptors (Lipinski definition) is 7. The second-order valence-electron chi connectivity index (χ2n) is 9.95. The minimum absolute atomic E-state index is 0. The monoisotopic (exact) mass is 508 g/mol. The maximum Gasteiger partial charge on any atom is 0.407 e. The van der Waals surface area contributed by atoms with Crippen molar-refractivity contribution in [1.82, 2.24) is 16.0 Å². The molecule has 2 fully saturated rings. The van der Waals surface area contributed by atoms with Crippen LogP contribution in [0, 0.1) is 0 Å². The molecule has 0 saturated heterocycles. The first-order chi connectivity index (χ1) is 15.4. The first-order valence-electron chi connectivity index (χ1n) is 12.1. The topological polar surface area (TPSA) is 163 Å². The van der Waals surface area contributed by atoms with Crippen LogP contribution >= 0.6 is 12.4 Å². The van der Waals surface area contributed by atoms with Crippen LogP contribution in [0.2, 0.25) is 0 Å². The predicted octanol–water partition coefficient (Wildman–Crippen LogP) is 1.49. The number of nitrogens with two attached hydrogens (primary N) is 1. The summed E-state index contributed by atoms with van der Waals surface area (Å²) >= 11 is 0. The van der Waals surface area contributed by atoms with Crippen LogP contribution in [0.15, 0.2) is 0 Å². The lowest BCUT2D eigenvalue weighted by atomic mass is 10.1. The Morgan fingerprint density at radius 1 is 0.912 bits per heavy atom. The van der Waals surface area contributed by atoms with Gasteiger partial charge in [0.05, 0.1) is 6.04 Å². The highest BCUT2D eigenvalue weighted by Gasteiger charge is 2.32. The summed E-state index contributed by atoms with van der Waals surface area (Å²) in [6.45, 7) is 9.19. The van der Waals surface area contributed by atoms with E-state index in [1.54, 1.807) is 20.8 Å². The Kier molecular flexibility index (Phi) is 14.7. The molecule has 4 atom stereocenters. The Morgan fingerprint density at radius 3 is 1.74 bits per heavy atom. The van der Waals surface area contributed by atoms with Crippen molar-refractivity contribution >= 4 is 30.3 Å². The number of alkyl carbamates (subject to hydrolysis) is 1. The van der Waals surface area contributed by atoms with Crippen molar-refractivity contribution in [2.75, 3.05) is 0 Å². The molecule has 0 aliphatic heterocycles. The lowest BCUT2D eigenvalue weighted by molar-refractivity contribution is -0.131. The SMILES string of the molecule is CCC[C@H](N)C(O)C(=O)NC1CC1.CCC[C@H](NC(=O)OC(C)(C)C)C(O)C(=O)NC1CC1.Cl. The molecule has 7 N–H and O–H groups in total. The Balaban J connectivity index is 0.000000676. The third kappa shape index (κ3) is 13.9. The quantitative estimate of drug-likeness (QED) is 0.246. The third-order valence-corrected chi connectivity index (χ3v) is 5.10. The van der Waals surface area contributed by atoms with E-state index in [0.717, 1.165) is 38.5 Å². The summed E-state index contributed by atoms with van der Waals surface area (Å²) in [4.78, 5) is 34.8. The van der Waals surface area contributed by atoms with E-state index in [-0.39, 0.29) is 30.4 Å². The summed E-state index contributed by atoms with van der Waals surface area (Å²) in [6, 6.07) is -0.589. The second-order valence-corrected chi connectivity index (χ2v) is 9.95. The Hall–Kier alpha value is -1.62. The molecule has 3 amide bonds. The van der Waals surface area contributed by atoms with E-state index in [2.05, 4.69) is 16.0 Å². The van der Waals surface area contributed by atoms with Crippen LogP contribution in [0.5, 0.6) is 0 Å². The lowest BCUT2D eigenvalue weighted by Crippen LogP contribution is -2.51. The van der Waals surface area contributed by atoms with E-state index < -0.39 is 41.9 Å². The van der Waals surface area contributed by atoms with Gasteiger partial charge in [-0.05, 0) is 59.3 Å². The lowest BCUT2D eigenvalue weighted by Gasteiger charge is -2.26. The molecular weight excluding hydrogens is 464 g/mol. The van der Waals surface area contributed by atoms with Gasteiger partial charge in [0.1, 0.15) is 11.7 Å². The van der Waals surface area contributed by atoms with Crippen molar-refractivity contribution in [3.05, 3.63) is 0 Å². The van der Waals surface area contributed by atoms with Crippen LogP contribution < -0.4 is 21.7 Å². The number of halogens is 1. The molecule has 0 radical (unpaired) electrons. The molecule has 0 spiro atoms. The molecule has 0 aromatic carbocycles. The van der Waals surface area contributed by atoms with Crippen molar-refractivity contribution in [3.63, 3.8) is 0 Å². The zero-order valence-corrected chi connectivity index (χ0v) is 22.0. The van der Waals surface area contributed by atoms with Gasteiger partial charge < -0.3 is 36.6 Å². The molecule has 0 aromatic rings. The minimum atomic E-state index is -1.25. The highest BCUT2D eigenvalue weighted by atomic mass is 35.5. The van der Waals surface area contributed by atoms with Crippen LogP contribution in [0.3, 0.4) is 0 Å². The summed E-state index contributed by atoms with van der Waals surface area (Å²) in [6.07, 6.45) is 3.88. The molecule has 11 heteroatoms. The highest BCUT2D eigenvalue weighted by molar-refractivity contribution is 5.85. The molecule has 200 valence electrons. The largest absolute Gasteiger partial charge is 0.444 e. The van der Waals surface area contributed by atoms with Gasteiger partial charge in [0.2, 0.25) is 0 Å². The van der Waals surface area contributed by atoms with Gasteiger partial charge in [-0.25, -0.2) is 4.79 Å². The number of amides is 3. The average molecular weight is 509 g/mol. The van der Waals surface area contributed by atoms with Gasteiger partial charge in [0.15, 0.2) is 6.10 Å². The van der Waals surface area contributed by atoms with Gasteiger partial charge in [-0.15, -0.1) is 12.4 Å². The molecule has 0 bridgehead atoms. The standard InChI is InChI=1S/C14H26N2O4.C9H18N2O2.ClH/c1-5-6-10(16-13(19)20-14(2,3)4)11(17)12(18)15-9-7-8-9;1-2-3-7(10)8(12)9(13)11-6-4-5-6;/h9-11,17H,5-8H2,1-4H3,(H,15,18)(H,16,19);6-8,12H,2-5,10H2,1H3,(H,11,13);1H/t10-,11?;7-,8?;/m00./s1. The smallest absolute Gasteiger partial charge is 0.407 e. The number of carbonyl (C=O) groups excluding carboxylic acids is 3. The second kappa shape index (κ2) is 15.4. The van der Waals surface area contributed by atoms with Crippen LogP contribution in [-0.2, 0) is 14.3 Å². The zero-order valence-electron chi connectivity index (χ0n) is 21.1. The molecule has 2 saturated carbocycles. The molecule has 0 aromatic heterocycles. The maximum absolute atomic E-state index is 11.8. The van der Waals surface area contributed by atoms with E-state index in [1.165, 1.54) is 0 Å². The van der Waals surface area contributed by atoms with Gasteiger partial charge >= 0.3 is 6.09 Å². The summed E-state index contributed by atoms with van der Waals surface area (Å²) in [7, 11) is 0. The van der Waals surface area contributed by atoms with Crippen molar-refractivity contribution in [2.45, 2.75) is 128 Å². The van der Waals surface area contributed by atoms with E-state index in [0.29, 0.717) is 12.8 Å². The molecule has 34 heavy (non-hydrogen) atoms. The molecule has 2 aliphatic rings. The summed E-state index contributed by atoms with van der Waals surface area (Å²) in [5, 5.41) is 27.5. The maximum atomic E-state index is 11.8. The van der Waals surface area contributed by atoms with Gasteiger partial charge in [0, 0.05) is 18.1 Å². The number of nitrogens with one attached hydrogen (secondary N) is 3. The number of rotatable bonds is 11. The van der Waals surface area contributed by atoms with Crippen molar-refractivity contribution in [2.24, 2.45) is 5.73 Å². The van der Waals surface area contributed by atoms with E-state index in [1.807, 2.05) is 13.8 Å². The molecule has 10 nitrogen and oxygen atoms in total. The van der Waals surface area contributed by atoms with Crippen molar-refractivity contribution in [3.8, 4) is 0 Å². The van der Waals surface area contributed by atoms with Crippen LogP contribution in [0.4, 0.5) is 4.79 Å². The molecular formula is C23H45ClN4O6. The van der Waals surface area contributed by atoms with Crippen molar-refractivity contribution < 1.29 is 29.3 Å². The zero-order chi connectivity index (χ0) is 25.2. The fourth-order valence-electron chi connectivity index (χ4n) is 2.98. The molecule has 2 rings (SSSR count). The Morgan fingerprint density at radius 2 is 1.35 bits per heavy atom. The minimum Gasteiger partial charge on any atom is -0.444 e. The van der Waals surface area contributed by atoms with Crippen LogP contribution in [0.25, 0.3) is 0 Å². The highest BCUT2D eigenvalue weighted by Crippen LogP contribution is 2.19. The van der Waals surface area contributed by atoms with Gasteiger partial charge in [-0.2, -0.15) is 0 Å². The van der Waals surface area contributed by atoms with Crippen LogP contribution in [0.1, 0.15) is 86.0 Å².